The lowest BCUT2D eigenvalue weighted by atomic mass is 9.96. The molecule has 20 heavy (non-hydrogen) atoms. The number of rotatable bonds is 5. The number of hydrogen-bond donors (Lipinski definition) is 2. The smallest absolute Gasteiger partial charge is 0.237 e. The summed E-state index contributed by atoms with van der Waals surface area (Å²) in [5.41, 5.74) is -0.144. The number of carbonyl (C=O) groups excluding carboxylic acids is 1. The van der Waals surface area contributed by atoms with Crippen molar-refractivity contribution in [3.05, 3.63) is 0 Å². The van der Waals surface area contributed by atoms with Gasteiger partial charge in [0.15, 0.2) is 0 Å². The van der Waals surface area contributed by atoms with Crippen LogP contribution in [0.1, 0.15) is 53.4 Å². The zero-order chi connectivity index (χ0) is 14.8. The molecule has 0 aromatic carbocycles. The molecule has 2 aliphatic rings. The van der Waals surface area contributed by atoms with Gasteiger partial charge in [-0.05, 0) is 72.4 Å². The fourth-order valence-corrected chi connectivity index (χ4v) is 3.02. The number of nitrogens with zero attached hydrogens (tertiary/aromatic N) is 1. The van der Waals surface area contributed by atoms with E-state index in [4.69, 9.17) is 0 Å². The fourth-order valence-electron chi connectivity index (χ4n) is 3.02. The van der Waals surface area contributed by atoms with Crippen molar-refractivity contribution in [2.24, 2.45) is 5.92 Å². The predicted octanol–water partition coefficient (Wildman–Crippen LogP) is 1.75. The molecule has 0 aromatic rings. The van der Waals surface area contributed by atoms with E-state index in [0.717, 1.165) is 25.6 Å². The first-order valence-electron chi connectivity index (χ1n) is 8.15. The Morgan fingerprint density at radius 2 is 1.85 bits per heavy atom. The van der Waals surface area contributed by atoms with Gasteiger partial charge < -0.3 is 10.6 Å². The van der Waals surface area contributed by atoms with Gasteiger partial charge in [-0.1, -0.05) is 0 Å². The Morgan fingerprint density at radius 3 is 2.35 bits per heavy atom. The normalized spacial score (nSPS) is 22.9. The molecule has 0 bridgehead atoms. The van der Waals surface area contributed by atoms with E-state index in [-0.39, 0.29) is 17.5 Å². The summed E-state index contributed by atoms with van der Waals surface area (Å²) in [5.74, 6) is 0.931. The Bertz CT molecular complexity index is 327. The summed E-state index contributed by atoms with van der Waals surface area (Å²) in [6.07, 6.45) is 5.02. The molecule has 4 nitrogen and oxygen atoms in total. The van der Waals surface area contributed by atoms with E-state index in [1.165, 1.54) is 25.7 Å². The summed E-state index contributed by atoms with van der Waals surface area (Å²) in [6, 6.07) is 0.641. The zero-order valence-corrected chi connectivity index (χ0v) is 13.5. The summed E-state index contributed by atoms with van der Waals surface area (Å²) < 4.78 is 0. The third-order valence-electron chi connectivity index (χ3n) is 4.32. The summed E-state index contributed by atoms with van der Waals surface area (Å²) in [4.78, 5) is 14.9. The second-order valence-electron chi connectivity index (χ2n) is 7.54. The third-order valence-corrected chi connectivity index (χ3v) is 4.32. The third kappa shape index (κ3) is 4.74. The molecule has 4 heteroatoms. The van der Waals surface area contributed by atoms with Gasteiger partial charge in [0.1, 0.15) is 0 Å². The van der Waals surface area contributed by atoms with Crippen molar-refractivity contribution in [1.82, 2.24) is 15.5 Å². The van der Waals surface area contributed by atoms with Crippen LogP contribution < -0.4 is 10.6 Å². The highest BCUT2D eigenvalue weighted by atomic mass is 16.2. The molecule has 1 heterocycles. The van der Waals surface area contributed by atoms with Crippen LogP contribution >= 0.6 is 0 Å². The van der Waals surface area contributed by atoms with E-state index < -0.39 is 0 Å². The topological polar surface area (TPSA) is 44.4 Å². The Kier molecular flexibility index (Phi) is 5.08. The fraction of sp³-hybridized carbons (Fsp3) is 0.938. The average molecular weight is 281 g/mol. The summed E-state index contributed by atoms with van der Waals surface area (Å²) in [6.45, 7) is 11.6. The molecule has 0 spiro atoms. The van der Waals surface area contributed by atoms with Crippen molar-refractivity contribution < 1.29 is 4.79 Å². The number of hydrogen-bond acceptors (Lipinski definition) is 3. The Labute approximate surface area is 123 Å². The van der Waals surface area contributed by atoms with Gasteiger partial charge in [0.25, 0.3) is 0 Å². The lowest BCUT2D eigenvalue weighted by Gasteiger charge is -2.35. The van der Waals surface area contributed by atoms with Crippen molar-refractivity contribution in [3.8, 4) is 0 Å². The zero-order valence-electron chi connectivity index (χ0n) is 13.5. The van der Waals surface area contributed by atoms with Crippen LogP contribution in [0.15, 0.2) is 0 Å². The van der Waals surface area contributed by atoms with Crippen LogP contribution in [0.3, 0.4) is 0 Å². The SMILES string of the molecule is CC(C(=O)NC(C)(C)C)N(CC1CCNCC1)C1CC1. The maximum Gasteiger partial charge on any atom is 0.237 e. The molecule has 1 amide bonds. The molecule has 1 saturated carbocycles. The van der Waals surface area contributed by atoms with Crippen LogP contribution in [0.5, 0.6) is 0 Å². The van der Waals surface area contributed by atoms with E-state index in [0.29, 0.717) is 6.04 Å². The van der Waals surface area contributed by atoms with Crippen LogP contribution in [0.25, 0.3) is 0 Å². The highest BCUT2D eigenvalue weighted by molar-refractivity contribution is 5.82. The van der Waals surface area contributed by atoms with Gasteiger partial charge in [0.2, 0.25) is 5.91 Å². The maximum absolute atomic E-state index is 12.4. The molecule has 0 aromatic heterocycles. The highest BCUT2D eigenvalue weighted by Gasteiger charge is 2.37. The highest BCUT2D eigenvalue weighted by Crippen LogP contribution is 2.30. The standard InChI is InChI=1S/C16H31N3O/c1-12(15(20)18-16(2,3)4)19(14-5-6-14)11-13-7-9-17-10-8-13/h12-14,17H,5-11H2,1-4H3,(H,18,20). The minimum atomic E-state index is -0.144. The van der Waals surface area contributed by atoms with Gasteiger partial charge in [0, 0.05) is 18.1 Å². The molecule has 1 aliphatic carbocycles. The monoisotopic (exact) mass is 281 g/mol. The maximum atomic E-state index is 12.4. The van der Waals surface area contributed by atoms with Crippen LogP contribution in [0, 0.1) is 5.92 Å². The quantitative estimate of drug-likeness (QED) is 0.807. The van der Waals surface area contributed by atoms with Crippen LogP contribution in [-0.4, -0.2) is 48.1 Å². The van der Waals surface area contributed by atoms with E-state index in [1.54, 1.807) is 0 Å². The van der Waals surface area contributed by atoms with Gasteiger partial charge in [-0.15, -0.1) is 0 Å². The molecule has 2 rings (SSSR count). The molecule has 116 valence electrons. The summed E-state index contributed by atoms with van der Waals surface area (Å²) in [5, 5.41) is 6.54. The minimum Gasteiger partial charge on any atom is -0.350 e. The number of nitrogens with one attached hydrogen (secondary N) is 2. The molecule has 1 atom stereocenters. The van der Waals surface area contributed by atoms with Gasteiger partial charge in [-0.25, -0.2) is 0 Å². The molecule has 2 fully saturated rings. The predicted molar refractivity (Wildman–Crippen MR) is 82.7 cm³/mol. The van der Waals surface area contributed by atoms with E-state index in [9.17, 15) is 4.79 Å². The molecule has 1 unspecified atom stereocenters. The number of carbonyl (C=O) groups is 1. The summed E-state index contributed by atoms with van der Waals surface area (Å²) in [7, 11) is 0. The molecule has 1 saturated heterocycles. The molecule has 0 radical (unpaired) electrons. The first-order valence-corrected chi connectivity index (χ1v) is 8.15. The number of amides is 1. The van der Waals surface area contributed by atoms with E-state index in [1.807, 2.05) is 20.8 Å². The van der Waals surface area contributed by atoms with Gasteiger partial charge >= 0.3 is 0 Å². The first kappa shape index (κ1) is 15.8. The molecule has 1 aliphatic heterocycles. The van der Waals surface area contributed by atoms with Crippen molar-refractivity contribution in [2.45, 2.75) is 71.0 Å². The molecular formula is C16H31N3O. The summed E-state index contributed by atoms with van der Waals surface area (Å²) >= 11 is 0. The largest absolute Gasteiger partial charge is 0.350 e. The molecular weight excluding hydrogens is 250 g/mol. The van der Waals surface area contributed by atoms with E-state index >= 15 is 0 Å². The molecule has 2 N–H and O–H groups in total. The van der Waals surface area contributed by atoms with Crippen molar-refractivity contribution in [1.29, 1.82) is 0 Å². The van der Waals surface area contributed by atoms with Gasteiger partial charge in [0.05, 0.1) is 6.04 Å². The lowest BCUT2D eigenvalue weighted by Crippen LogP contribution is -2.53. The Hall–Kier alpha value is -0.610. The second kappa shape index (κ2) is 6.44. The second-order valence-corrected chi connectivity index (χ2v) is 7.54. The van der Waals surface area contributed by atoms with Crippen LogP contribution in [0.4, 0.5) is 0 Å². The number of piperidine rings is 1. The van der Waals surface area contributed by atoms with Crippen LogP contribution in [-0.2, 0) is 4.79 Å². The lowest BCUT2D eigenvalue weighted by molar-refractivity contribution is -0.127. The van der Waals surface area contributed by atoms with Gasteiger partial charge in [-0.2, -0.15) is 0 Å². The Balaban J connectivity index is 1.91. The minimum absolute atomic E-state index is 0.00314. The van der Waals surface area contributed by atoms with Crippen LogP contribution in [0.2, 0.25) is 0 Å². The average Bonchev–Trinajstić information content (AvgIpc) is 3.18. The van der Waals surface area contributed by atoms with Crippen molar-refractivity contribution >= 4 is 5.91 Å². The van der Waals surface area contributed by atoms with Crippen molar-refractivity contribution in [2.75, 3.05) is 19.6 Å². The Morgan fingerprint density at radius 1 is 1.25 bits per heavy atom. The first-order chi connectivity index (χ1) is 9.37. The van der Waals surface area contributed by atoms with Crippen molar-refractivity contribution in [3.63, 3.8) is 0 Å². The van der Waals surface area contributed by atoms with E-state index in [2.05, 4.69) is 22.5 Å². The van der Waals surface area contributed by atoms with Gasteiger partial charge in [-0.3, -0.25) is 9.69 Å².